The van der Waals surface area contributed by atoms with Gasteiger partial charge in [0, 0.05) is 31.0 Å². The summed E-state index contributed by atoms with van der Waals surface area (Å²) in [5, 5.41) is 47.5. The number of aliphatic hydroxyl groups is 5. The zero-order valence-electron chi connectivity index (χ0n) is 9.41. The predicted octanol–water partition coefficient (Wildman–Crippen LogP) is -6.21. The van der Waals surface area contributed by atoms with Crippen molar-refractivity contribution in [2.24, 2.45) is 0 Å². The van der Waals surface area contributed by atoms with Gasteiger partial charge < -0.3 is 47.3 Å². The Kier molecular flexibility index (Phi) is 29.5. The van der Waals surface area contributed by atoms with Gasteiger partial charge in [0.2, 0.25) is 0 Å². The second-order valence-corrected chi connectivity index (χ2v) is 2.86. The van der Waals surface area contributed by atoms with Crippen LogP contribution in [0.5, 0.6) is 0 Å². The molecule has 4 atom stereocenters. The summed E-state index contributed by atoms with van der Waals surface area (Å²) in [6.07, 6.45) is -5.65. The van der Waals surface area contributed by atoms with Gasteiger partial charge in [-0.25, -0.2) is 0 Å². The van der Waals surface area contributed by atoms with Gasteiger partial charge in [-0.1, -0.05) is 0 Å². The van der Waals surface area contributed by atoms with Crippen LogP contribution < -0.4 is 5.32 Å². The summed E-state index contributed by atoms with van der Waals surface area (Å²) in [5.74, 6) is 0. The van der Waals surface area contributed by atoms with Gasteiger partial charge in [-0.2, -0.15) is 0 Å². The molecule has 0 aromatic heterocycles. The van der Waals surface area contributed by atoms with Gasteiger partial charge >= 0.3 is 0 Å². The Bertz CT molecular complexity index is 143. The number of aliphatic hydroxyl groups excluding tert-OH is 5. The van der Waals surface area contributed by atoms with Crippen molar-refractivity contribution >= 4 is 24.4 Å². The summed E-state index contributed by atoms with van der Waals surface area (Å²) in [6.45, 7) is -0.569. The third-order valence-corrected chi connectivity index (χ3v) is 1.74. The average Bonchev–Trinajstić information content (AvgIpc) is 2.14. The van der Waals surface area contributed by atoms with E-state index in [2.05, 4.69) is 5.32 Å². The van der Waals surface area contributed by atoms with Crippen LogP contribution in [0.15, 0.2) is 0 Å². The van der Waals surface area contributed by atoms with Crippen molar-refractivity contribution in [1.29, 1.82) is 0 Å². The first-order valence-corrected chi connectivity index (χ1v) is 4.02. The Balaban J connectivity index is -0.000000120. The maximum atomic E-state index is 9.21. The molecule has 0 fully saturated rings. The fourth-order valence-electron chi connectivity index (χ4n) is 0.893. The minimum atomic E-state index is -1.55. The summed E-state index contributed by atoms with van der Waals surface area (Å²) in [5.41, 5.74) is 0. The molecule has 9 nitrogen and oxygen atoms in total. The van der Waals surface area contributed by atoms with E-state index in [1.807, 2.05) is 0 Å². The van der Waals surface area contributed by atoms with Crippen LogP contribution in [0.2, 0.25) is 0 Å². The van der Waals surface area contributed by atoms with Crippen molar-refractivity contribution < 1.29 is 42.0 Å². The van der Waals surface area contributed by atoms with E-state index in [9.17, 15) is 5.11 Å². The Hall–Kier alpha value is 0.458. The SMILES string of the molecule is CNCC(O)C(O)C(O)C(O)CO.O.O.O.[Sb]. The molecule has 0 aliphatic carbocycles. The monoisotopic (exact) mass is 370 g/mol. The average molecular weight is 371 g/mol. The minimum absolute atomic E-state index is 0. The third kappa shape index (κ3) is 11.3. The van der Waals surface area contributed by atoms with E-state index >= 15 is 0 Å². The van der Waals surface area contributed by atoms with Crippen LogP contribution >= 0.6 is 0 Å². The molecule has 17 heavy (non-hydrogen) atoms. The summed E-state index contributed by atoms with van der Waals surface area (Å²) in [4.78, 5) is 0. The summed E-state index contributed by atoms with van der Waals surface area (Å²) in [6, 6.07) is 0. The molecule has 10 heteroatoms. The Labute approximate surface area is 116 Å². The maximum absolute atomic E-state index is 9.21. The molecular formula is C7H23NO8Sb. The molecule has 0 bridgehead atoms. The van der Waals surface area contributed by atoms with Gasteiger partial charge in [0.05, 0.1) is 12.7 Å². The Morgan fingerprint density at radius 3 is 1.53 bits per heavy atom. The number of nitrogens with one attached hydrogen (secondary N) is 1. The molecule has 0 spiro atoms. The molecule has 0 saturated carbocycles. The van der Waals surface area contributed by atoms with Crippen molar-refractivity contribution in [3.8, 4) is 0 Å². The van der Waals surface area contributed by atoms with E-state index in [0.29, 0.717) is 0 Å². The molecule has 0 amide bonds. The summed E-state index contributed by atoms with van der Waals surface area (Å²) >= 11 is 0. The van der Waals surface area contributed by atoms with E-state index in [1.54, 1.807) is 7.05 Å². The molecule has 0 aliphatic rings. The first-order chi connectivity index (χ1) is 6.04. The van der Waals surface area contributed by atoms with Crippen LogP contribution in [0.25, 0.3) is 0 Å². The van der Waals surface area contributed by atoms with E-state index in [-0.39, 0.29) is 47.4 Å². The molecule has 0 saturated heterocycles. The van der Waals surface area contributed by atoms with Gasteiger partial charge in [0.1, 0.15) is 18.3 Å². The first-order valence-electron chi connectivity index (χ1n) is 4.02. The summed E-state index contributed by atoms with van der Waals surface area (Å²) < 4.78 is 0. The fraction of sp³-hybridized carbons (Fsp3) is 1.00. The van der Waals surface area contributed by atoms with Gasteiger partial charge in [-0.05, 0) is 7.05 Å². The molecule has 4 unspecified atom stereocenters. The molecule has 0 aliphatic heterocycles. The Morgan fingerprint density at radius 1 is 0.882 bits per heavy atom. The largest absolute Gasteiger partial charge is 0.412 e. The van der Waals surface area contributed by atoms with E-state index in [4.69, 9.17) is 20.4 Å². The van der Waals surface area contributed by atoms with Gasteiger partial charge in [-0.15, -0.1) is 0 Å². The zero-order valence-corrected chi connectivity index (χ0v) is 12.0. The van der Waals surface area contributed by atoms with Crippen molar-refractivity contribution in [2.45, 2.75) is 24.4 Å². The quantitative estimate of drug-likeness (QED) is 0.250. The fourth-order valence-corrected chi connectivity index (χ4v) is 0.893. The van der Waals surface area contributed by atoms with Gasteiger partial charge in [-0.3, -0.25) is 0 Å². The van der Waals surface area contributed by atoms with E-state index in [1.165, 1.54) is 0 Å². The smallest absolute Gasteiger partial charge is 0.111 e. The molecule has 109 valence electrons. The topological polar surface area (TPSA) is 208 Å². The molecule has 3 radical (unpaired) electrons. The molecule has 12 N–H and O–H groups in total. The number of rotatable bonds is 6. The van der Waals surface area contributed by atoms with Crippen molar-refractivity contribution in [3.05, 3.63) is 0 Å². The third-order valence-electron chi connectivity index (χ3n) is 1.74. The van der Waals surface area contributed by atoms with Crippen LogP contribution in [0.4, 0.5) is 0 Å². The number of hydrogen-bond acceptors (Lipinski definition) is 6. The van der Waals surface area contributed by atoms with Crippen LogP contribution in [-0.2, 0) is 0 Å². The van der Waals surface area contributed by atoms with E-state index in [0.717, 1.165) is 0 Å². The standard InChI is InChI=1S/C7H17NO5.3H2O.Sb/c1-8-2-4(10)6(12)7(13)5(11)3-9;;;;/h4-13H,2-3H2,1H3;3*1H2;. The molecular weight excluding hydrogens is 348 g/mol. The molecule has 0 rings (SSSR count). The normalized spacial score (nSPS) is 15.9. The second kappa shape index (κ2) is 16.5. The zero-order chi connectivity index (χ0) is 10.4. The Morgan fingerprint density at radius 2 is 1.24 bits per heavy atom. The second-order valence-electron chi connectivity index (χ2n) is 2.86. The molecule has 0 aromatic rings. The maximum Gasteiger partial charge on any atom is 0.111 e. The first kappa shape index (κ1) is 30.5. The summed E-state index contributed by atoms with van der Waals surface area (Å²) in [7, 11) is 1.57. The van der Waals surface area contributed by atoms with Crippen LogP contribution in [0.1, 0.15) is 0 Å². The van der Waals surface area contributed by atoms with Crippen LogP contribution in [0.3, 0.4) is 0 Å². The molecule has 0 aromatic carbocycles. The number of likely N-dealkylation sites (N-methyl/N-ethyl adjacent to an activating group) is 1. The predicted molar refractivity (Wildman–Crippen MR) is 61.6 cm³/mol. The van der Waals surface area contributed by atoms with Gasteiger partial charge in [0.25, 0.3) is 0 Å². The minimum Gasteiger partial charge on any atom is -0.412 e. The van der Waals surface area contributed by atoms with Crippen molar-refractivity contribution in [2.75, 3.05) is 20.2 Å². The van der Waals surface area contributed by atoms with Crippen molar-refractivity contribution in [3.63, 3.8) is 0 Å². The van der Waals surface area contributed by atoms with E-state index < -0.39 is 31.0 Å². The van der Waals surface area contributed by atoms with Crippen molar-refractivity contribution in [1.82, 2.24) is 5.32 Å². The molecule has 0 heterocycles. The number of hydrogen-bond donors (Lipinski definition) is 6. The van der Waals surface area contributed by atoms with Gasteiger partial charge in [0.15, 0.2) is 0 Å². The van der Waals surface area contributed by atoms with Crippen LogP contribution in [-0.4, -0.2) is 111 Å². The van der Waals surface area contributed by atoms with Crippen LogP contribution in [0, 0.1) is 0 Å².